The number of nitrogens with one attached hydrogen (secondary N) is 1. The second kappa shape index (κ2) is 9.83. The maximum absolute atomic E-state index is 12.5. The van der Waals surface area contributed by atoms with Gasteiger partial charge in [0.1, 0.15) is 6.04 Å². The molecule has 1 fully saturated rings. The average Bonchev–Trinajstić information content (AvgIpc) is 3.14. The average molecular weight is 423 g/mol. The molecule has 1 N–H and O–H groups in total. The van der Waals surface area contributed by atoms with Crippen LogP contribution in [0.4, 0.5) is 5.69 Å². The minimum absolute atomic E-state index is 0.162. The Bertz CT molecular complexity index is 1050. The van der Waals surface area contributed by atoms with Gasteiger partial charge in [0.2, 0.25) is 5.91 Å². The van der Waals surface area contributed by atoms with E-state index in [2.05, 4.69) is 45.4 Å². The van der Waals surface area contributed by atoms with Crippen LogP contribution in [0.25, 0.3) is 11.1 Å². The Morgan fingerprint density at radius 3 is 2.48 bits per heavy atom. The molecule has 7 nitrogen and oxygen atoms in total. The lowest BCUT2D eigenvalue weighted by Gasteiger charge is -2.36. The smallest absolute Gasteiger partial charge is 0.408 e. The number of amides is 1. The van der Waals surface area contributed by atoms with E-state index in [1.54, 1.807) is 19.1 Å². The molecule has 2 heterocycles. The second-order valence-electron chi connectivity index (χ2n) is 8.04. The number of aromatic nitrogens is 1. The molecule has 1 aromatic heterocycles. The van der Waals surface area contributed by atoms with Crippen LogP contribution in [0.5, 0.6) is 0 Å². The first kappa shape index (κ1) is 21.2. The molecular weight excluding hydrogens is 392 g/mol. The van der Waals surface area contributed by atoms with Gasteiger partial charge >= 0.3 is 5.76 Å². The lowest BCUT2D eigenvalue weighted by molar-refractivity contribution is -0.123. The zero-order valence-electron chi connectivity index (χ0n) is 18.0. The van der Waals surface area contributed by atoms with Crippen LogP contribution in [0, 0.1) is 0 Å². The normalized spacial score (nSPS) is 15.8. The number of carbonyl (C=O) groups excluding carboxylic acids is 1. The van der Waals surface area contributed by atoms with Gasteiger partial charge in [0.25, 0.3) is 0 Å². The monoisotopic (exact) mass is 422 g/mol. The van der Waals surface area contributed by atoms with E-state index < -0.39 is 11.8 Å². The zero-order valence-corrected chi connectivity index (χ0v) is 18.0. The van der Waals surface area contributed by atoms with Gasteiger partial charge < -0.3 is 14.6 Å². The maximum atomic E-state index is 12.5. The highest BCUT2D eigenvalue weighted by molar-refractivity contribution is 5.82. The van der Waals surface area contributed by atoms with Gasteiger partial charge in [-0.25, -0.2) is 4.79 Å². The summed E-state index contributed by atoms with van der Waals surface area (Å²) in [5.41, 5.74) is 2.44. The Morgan fingerprint density at radius 2 is 1.71 bits per heavy atom. The molecule has 1 amide bonds. The van der Waals surface area contributed by atoms with Crippen LogP contribution in [0.2, 0.25) is 0 Å². The van der Waals surface area contributed by atoms with E-state index in [-0.39, 0.29) is 5.91 Å². The second-order valence-corrected chi connectivity index (χ2v) is 8.04. The Balaban J connectivity index is 1.17. The number of hydrogen-bond acceptors (Lipinski definition) is 5. The van der Waals surface area contributed by atoms with Crippen molar-refractivity contribution in [3.8, 4) is 0 Å². The molecule has 1 unspecified atom stereocenters. The first-order chi connectivity index (χ1) is 15.1. The molecule has 7 heteroatoms. The SMILES string of the molecule is CC(C(=O)NCCCCN1CCN(c2ccccc2)CC1)n1c(=O)oc2ccccc21. The number of rotatable bonds is 8. The van der Waals surface area contributed by atoms with Crippen LogP contribution < -0.4 is 16.0 Å². The summed E-state index contributed by atoms with van der Waals surface area (Å²) in [6.07, 6.45) is 1.95. The first-order valence-electron chi connectivity index (χ1n) is 11.0. The fourth-order valence-electron chi connectivity index (χ4n) is 4.16. The maximum Gasteiger partial charge on any atom is 0.420 e. The van der Waals surface area contributed by atoms with Gasteiger partial charge in [0.05, 0.1) is 5.52 Å². The fraction of sp³-hybridized carbons (Fsp3) is 0.417. The molecule has 164 valence electrons. The summed E-state index contributed by atoms with van der Waals surface area (Å²) in [5.74, 6) is -0.663. The zero-order chi connectivity index (χ0) is 21.6. The summed E-state index contributed by atoms with van der Waals surface area (Å²) >= 11 is 0. The number of benzene rings is 2. The number of fused-ring (bicyclic) bond motifs is 1. The lowest BCUT2D eigenvalue weighted by atomic mass is 10.2. The third-order valence-electron chi connectivity index (χ3n) is 5.98. The molecule has 1 saturated heterocycles. The Labute approximate surface area is 182 Å². The summed E-state index contributed by atoms with van der Waals surface area (Å²) in [7, 11) is 0. The highest BCUT2D eigenvalue weighted by atomic mass is 16.4. The Kier molecular flexibility index (Phi) is 6.72. The standard InChI is InChI=1S/C24H30N4O3/c1-19(28-21-11-5-6-12-22(21)31-24(28)30)23(29)25-13-7-8-14-26-15-17-27(18-16-26)20-9-3-2-4-10-20/h2-6,9-12,19H,7-8,13-18H2,1H3,(H,25,29). The van der Waals surface area contributed by atoms with Crippen LogP contribution in [-0.4, -0.2) is 54.6 Å². The molecule has 0 aliphatic carbocycles. The molecule has 0 radical (unpaired) electrons. The van der Waals surface area contributed by atoms with E-state index in [0.29, 0.717) is 17.6 Å². The van der Waals surface area contributed by atoms with E-state index in [1.165, 1.54) is 10.3 Å². The summed E-state index contributed by atoms with van der Waals surface area (Å²) in [4.78, 5) is 29.6. The highest BCUT2D eigenvalue weighted by Gasteiger charge is 2.21. The summed E-state index contributed by atoms with van der Waals surface area (Å²) in [5, 5.41) is 2.96. The third-order valence-corrected chi connectivity index (χ3v) is 5.98. The quantitative estimate of drug-likeness (QED) is 0.565. The molecule has 0 saturated carbocycles. The van der Waals surface area contributed by atoms with Crippen molar-refractivity contribution < 1.29 is 9.21 Å². The number of piperazine rings is 1. The van der Waals surface area contributed by atoms with Crippen LogP contribution >= 0.6 is 0 Å². The van der Waals surface area contributed by atoms with Crippen molar-refractivity contribution >= 4 is 22.7 Å². The number of oxazole rings is 1. The van der Waals surface area contributed by atoms with Crippen LogP contribution in [0.1, 0.15) is 25.8 Å². The topological polar surface area (TPSA) is 70.7 Å². The van der Waals surface area contributed by atoms with E-state index >= 15 is 0 Å². The molecule has 31 heavy (non-hydrogen) atoms. The molecule has 1 aliphatic rings. The summed E-state index contributed by atoms with van der Waals surface area (Å²) in [6, 6.07) is 17.1. The fourth-order valence-corrected chi connectivity index (χ4v) is 4.16. The van der Waals surface area contributed by atoms with Crippen molar-refractivity contribution in [2.24, 2.45) is 0 Å². The van der Waals surface area contributed by atoms with Crippen molar-refractivity contribution in [2.45, 2.75) is 25.8 Å². The highest BCUT2D eigenvalue weighted by Crippen LogP contribution is 2.17. The largest absolute Gasteiger partial charge is 0.420 e. The van der Waals surface area contributed by atoms with Gasteiger partial charge in [-0.3, -0.25) is 14.3 Å². The van der Waals surface area contributed by atoms with Gasteiger partial charge in [-0.05, 0) is 50.6 Å². The van der Waals surface area contributed by atoms with Crippen LogP contribution in [-0.2, 0) is 4.79 Å². The van der Waals surface area contributed by atoms with Crippen LogP contribution in [0.15, 0.2) is 63.8 Å². The number of hydrogen-bond donors (Lipinski definition) is 1. The third kappa shape index (κ3) is 4.99. The molecule has 0 spiro atoms. The van der Waals surface area contributed by atoms with Gasteiger partial charge in [0.15, 0.2) is 5.58 Å². The van der Waals surface area contributed by atoms with Crippen molar-refractivity contribution in [3.05, 3.63) is 65.1 Å². The van der Waals surface area contributed by atoms with Gasteiger partial charge in [0, 0.05) is 38.4 Å². The predicted octanol–water partition coefficient (Wildman–Crippen LogP) is 2.87. The van der Waals surface area contributed by atoms with E-state index in [1.807, 2.05) is 12.1 Å². The molecule has 3 aromatic rings. The predicted molar refractivity (Wildman–Crippen MR) is 123 cm³/mol. The summed E-state index contributed by atoms with van der Waals surface area (Å²) < 4.78 is 6.65. The number of carbonyl (C=O) groups is 1. The van der Waals surface area contributed by atoms with Crippen molar-refractivity contribution in [1.29, 1.82) is 0 Å². The molecule has 4 rings (SSSR count). The number of para-hydroxylation sites is 3. The molecule has 1 aliphatic heterocycles. The minimum atomic E-state index is -0.609. The number of nitrogens with zero attached hydrogens (tertiary/aromatic N) is 3. The molecular formula is C24H30N4O3. The molecule has 2 aromatic carbocycles. The minimum Gasteiger partial charge on any atom is -0.408 e. The lowest BCUT2D eigenvalue weighted by Crippen LogP contribution is -2.46. The van der Waals surface area contributed by atoms with Crippen molar-refractivity contribution in [1.82, 2.24) is 14.8 Å². The van der Waals surface area contributed by atoms with E-state index in [4.69, 9.17) is 4.42 Å². The van der Waals surface area contributed by atoms with Gasteiger partial charge in [-0.2, -0.15) is 0 Å². The van der Waals surface area contributed by atoms with E-state index in [9.17, 15) is 9.59 Å². The van der Waals surface area contributed by atoms with Crippen molar-refractivity contribution in [3.63, 3.8) is 0 Å². The van der Waals surface area contributed by atoms with E-state index in [0.717, 1.165) is 45.6 Å². The number of unbranched alkanes of at least 4 members (excludes halogenated alkanes) is 1. The molecule has 0 bridgehead atoms. The Morgan fingerprint density at radius 1 is 1.00 bits per heavy atom. The first-order valence-corrected chi connectivity index (χ1v) is 11.0. The summed E-state index contributed by atoms with van der Waals surface area (Å²) in [6.45, 7) is 7.60. The van der Waals surface area contributed by atoms with Crippen molar-refractivity contribution in [2.75, 3.05) is 44.2 Å². The Hall–Kier alpha value is -3.06. The number of anilines is 1. The van der Waals surface area contributed by atoms with Gasteiger partial charge in [-0.1, -0.05) is 30.3 Å². The molecule has 1 atom stereocenters. The van der Waals surface area contributed by atoms with Crippen LogP contribution in [0.3, 0.4) is 0 Å². The van der Waals surface area contributed by atoms with Gasteiger partial charge in [-0.15, -0.1) is 0 Å².